The van der Waals surface area contributed by atoms with Crippen LogP contribution in [0.25, 0.3) is 0 Å². The molecular formula is C15H17N3O4S. The van der Waals surface area contributed by atoms with Crippen LogP contribution in [0.1, 0.15) is 19.4 Å². The molecule has 0 heterocycles. The number of nitrogens with zero attached hydrogens (tertiary/aromatic N) is 1. The van der Waals surface area contributed by atoms with Gasteiger partial charge in [0.25, 0.3) is 15.7 Å². The molecule has 0 bridgehead atoms. The molecule has 0 atom stereocenters. The van der Waals surface area contributed by atoms with Gasteiger partial charge < -0.3 is 5.73 Å². The van der Waals surface area contributed by atoms with Crippen molar-refractivity contribution in [1.29, 1.82) is 0 Å². The maximum atomic E-state index is 12.4. The zero-order valence-corrected chi connectivity index (χ0v) is 13.5. The minimum absolute atomic E-state index is 0.302. The van der Waals surface area contributed by atoms with E-state index in [1.165, 1.54) is 18.2 Å². The Morgan fingerprint density at radius 2 is 1.65 bits per heavy atom. The van der Waals surface area contributed by atoms with E-state index >= 15 is 0 Å². The minimum Gasteiger partial charge on any atom is -0.322 e. The fourth-order valence-electron chi connectivity index (χ4n) is 2.01. The van der Waals surface area contributed by atoms with Crippen LogP contribution < -0.4 is 10.5 Å². The van der Waals surface area contributed by atoms with Crippen LogP contribution in [0.4, 0.5) is 11.4 Å². The molecule has 0 aliphatic rings. The van der Waals surface area contributed by atoms with Gasteiger partial charge in [-0.05, 0) is 37.6 Å². The van der Waals surface area contributed by atoms with Gasteiger partial charge in [0.05, 0.1) is 4.92 Å². The van der Waals surface area contributed by atoms with Gasteiger partial charge in [-0.15, -0.1) is 0 Å². The molecule has 3 N–H and O–H groups in total. The topological polar surface area (TPSA) is 115 Å². The van der Waals surface area contributed by atoms with E-state index in [0.29, 0.717) is 5.69 Å². The van der Waals surface area contributed by atoms with Gasteiger partial charge in [-0.2, -0.15) is 0 Å². The van der Waals surface area contributed by atoms with E-state index in [0.717, 1.165) is 11.6 Å². The molecule has 122 valence electrons. The number of nitro groups is 1. The number of benzene rings is 2. The van der Waals surface area contributed by atoms with Crippen LogP contribution in [-0.2, 0) is 15.6 Å². The Balaban J connectivity index is 2.34. The van der Waals surface area contributed by atoms with Crippen molar-refractivity contribution in [2.45, 2.75) is 24.3 Å². The fourth-order valence-corrected chi connectivity index (χ4v) is 3.25. The molecule has 0 aliphatic carbocycles. The number of sulfonamides is 1. The quantitative estimate of drug-likeness (QED) is 0.643. The van der Waals surface area contributed by atoms with E-state index in [1.54, 1.807) is 24.3 Å². The molecule has 0 unspecified atom stereocenters. The Kier molecular flexibility index (Phi) is 4.39. The highest BCUT2D eigenvalue weighted by Crippen LogP contribution is 2.26. The Morgan fingerprint density at radius 3 is 2.17 bits per heavy atom. The SMILES string of the molecule is CC(C)(N)c1ccc(NS(=O)(=O)c2ccccc2[N+](=O)[O-])cc1. The predicted octanol–water partition coefficient (Wildman–Crippen LogP) is 2.59. The summed E-state index contributed by atoms with van der Waals surface area (Å²) in [5, 5.41) is 11.0. The van der Waals surface area contributed by atoms with Crippen LogP contribution in [0.2, 0.25) is 0 Å². The molecule has 2 aromatic rings. The van der Waals surface area contributed by atoms with Gasteiger partial charge in [-0.25, -0.2) is 8.42 Å². The van der Waals surface area contributed by atoms with Crippen LogP contribution in [0.5, 0.6) is 0 Å². The van der Waals surface area contributed by atoms with Crippen molar-refractivity contribution < 1.29 is 13.3 Å². The Hall–Kier alpha value is -2.45. The van der Waals surface area contributed by atoms with Crippen molar-refractivity contribution in [2.24, 2.45) is 5.73 Å². The summed E-state index contributed by atoms with van der Waals surface area (Å²) in [6.45, 7) is 3.67. The summed E-state index contributed by atoms with van der Waals surface area (Å²) in [7, 11) is -4.06. The third-order valence-electron chi connectivity index (χ3n) is 3.23. The molecule has 0 radical (unpaired) electrons. The summed E-state index contributed by atoms with van der Waals surface area (Å²) in [4.78, 5) is 9.87. The van der Waals surface area contributed by atoms with E-state index in [-0.39, 0.29) is 4.90 Å². The lowest BCUT2D eigenvalue weighted by Gasteiger charge is -2.19. The first kappa shape index (κ1) is 16.9. The Labute approximate surface area is 134 Å². The zero-order valence-electron chi connectivity index (χ0n) is 12.7. The minimum atomic E-state index is -4.06. The number of rotatable bonds is 5. The summed E-state index contributed by atoms with van der Waals surface area (Å²) in [5.41, 5.74) is 6.09. The largest absolute Gasteiger partial charge is 0.322 e. The second-order valence-corrected chi connectivity index (χ2v) is 7.28. The molecule has 7 nitrogen and oxygen atoms in total. The summed E-state index contributed by atoms with van der Waals surface area (Å²) >= 11 is 0. The number of nitro benzene ring substituents is 1. The van der Waals surface area contributed by atoms with Crippen molar-refractivity contribution in [3.8, 4) is 0 Å². The normalized spacial score (nSPS) is 12.0. The highest BCUT2D eigenvalue weighted by atomic mass is 32.2. The molecule has 0 fully saturated rings. The number of hydrogen-bond donors (Lipinski definition) is 2. The molecule has 0 spiro atoms. The van der Waals surface area contributed by atoms with Crippen LogP contribution in [0.3, 0.4) is 0 Å². The first-order valence-electron chi connectivity index (χ1n) is 6.77. The van der Waals surface area contributed by atoms with Gasteiger partial charge >= 0.3 is 0 Å². The van der Waals surface area contributed by atoms with E-state index < -0.39 is 26.2 Å². The first-order chi connectivity index (χ1) is 10.6. The highest BCUT2D eigenvalue weighted by Gasteiger charge is 2.25. The standard InChI is InChI=1S/C15H17N3O4S/c1-15(2,16)11-7-9-12(10-8-11)17-23(21,22)14-6-4-3-5-13(14)18(19)20/h3-10,17H,16H2,1-2H3. The third kappa shape index (κ3) is 3.85. The van der Waals surface area contributed by atoms with Crippen molar-refractivity contribution in [2.75, 3.05) is 4.72 Å². The van der Waals surface area contributed by atoms with Crippen LogP contribution in [-0.4, -0.2) is 13.3 Å². The first-order valence-corrected chi connectivity index (χ1v) is 8.25. The second kappa shape index (κ2) is 5.98. The number of nitrogens with two attached hydrogens (primary N) is 1. The lowest BCUT2D eigenvalue weighted by Crippen LogP contribution is -2.28. The summed E-state index contributed by atoms with van der Waals surface area (Å²) in [5.74, 6) is 0. The van der Waals surface area contributed by atoms with E-state index in [4.69, 9.17) is 5.73 Å². The van der Waals surface area contributed by atoms with E-state index in [2.05, 4.69) is 4.72 Å². The average Bonchev–Trinajstić information content (AvgIpc) is 2.46. The molecule has 0 aliphatic heterocycles. The number of nitrogens with one attached hydrogen (secondary N) is 1. The molecule has 0 saturated carbocycles. The fraction of sp³-hybridized carbons (Fsp3) is 0.200. The predicted molar refractivity (Wildman–Crippen MR) is 87.6 cm³/mol. The van der Waals surface area contributed by atoms with Crippen molar-refractivity contribution in [3.05, 3.63) is 64.2 Å². The smallest absolute Gasteiger partial charge is 0.289 e. The molecule has 23 heavy (non-hydrogen) atoms. The van der Waals surface area contributed by atoms with Gasteiger partial charge in [-0.1, -0.05) is 24.3 Å². The number of para-hydroxylation sites is 1. The molecule has 2 aromatic carbocycles. The third-order valence-corrected chi connectivity index (χ3v) is 4.66. The molecule has 8 heteroatoms. The van der Waals surface area contributed by atoms with Crippen molar-refractivity contribution in [1.82, 2.24) is 0 Å². The highest BCUT2D eigenvalue weighted by molar-refractivity contribution is 7.92. The zero-order chi connectivity index (χ0) is 17.3. The number of hydrogen-bond acceptors (Lipinski definition) is 5. The lowest BCUT2D eigenvalue weighted by atomic mass is 9.96. The van der Waals surface area contributed by atoms with Gasteiger partial charge in [0.15, 0.2) is 4.90 Å². The summed E-state index contributed by atoms with van der Waals surface area (Å²) < 4.78 is 27.1. The maximum Gasteiger partial charge on any atom is 0.289 e. The number of anilines is 1. The molecule has 0 saturated heterocycles. The van der Waals surface area contributed by atoms with Crippen LogP contribution >= 0.6 is 0 Å². The average molecular weight is 335 g/mol. The molecule has 2 rings (SSSR count). The van der Waals surface area contributed by atoms with E-state index in [9.17, 15) is 18.5 Å². The Bertz CT molecular complexity index is 825. The summed E-state index contributed by atoms with van der Waals surface area (Å²) in [6, 6.07) is 11.7. The van der Waals surface area contributed by atoms with Crippen LogP contribution in [0, 0.1) is 10.1 Å². The van der Waals surface area contributed by atoms with E-state index in [1.807, 2.05) is 13.8 Å². The van der Waals surface area contributed by atoms with Gasteiger partial charge in [0.1, 0.15) is 0 Å². The molecule has 0 amide bonds. The summed E-state index contributed by atoms with van der Waals surface area (Å²) in [6.07, 6.45) is 0. The van der Waals surface area contributed by atoms with Gasteiger partial charge in [0.2, 0.25) is 0 Å². The van der Waals surface area contributed by atoms with Gasteiger partial charge in [-0.3, -0.25) is 14.8 Å². The monoisotopic (exact) mass is 335 g/mol. The van der Waals surface area contributed by atoms with Gasteiger partial charge in [0, 0.05) is 17.3 Å². The Morgan fingerprint density at radius 1 is 1.09 bits per heavy atom. The molecular weight excluding hydrogens is 318 g/mol. The molecule has 0 aromatic heterocycles. The second-order valence-electron chi connectivity index (χ2n) is 5.63. The van der Waals surface area contributed by atoms with Crippen molar-refractivity contribution >= 4 is 21.4 Å². The maximum absolute atomic E-state index is 12.4. The van der Waals surface area contributed by atoms with Crippen LogP contribution in [0.15, 0.2) is 53.4 Å². The van der Waals surface area contributed by atoms with Crippen molar-refractivity contribution in [3.63, 3.8) is 0 Å². The lowest BCUT2D eigenvalue weighted by molar-refractivity contribution is -0.387.